The molecule has 3 N–H and O–H groups in total. The lowest BCUT2D eigenvalue weighted by Crippen LogP contribution is -2.26. The van der Waals surface area contributed by atoms with E-state index in [4.69, 9.17) is 5.73 Å². The summed E-state index contributed by atoms with van der Waals surface area (Å²) in [6, 6.07) is 7.13. The van der Waals surface area contributed by atoms with E-state index in [-0.39, 0.29) is 5.41 Å². The van der Waals surface area contributed by atoms with Crippen molar-refractivity contribution >= 4 is 11.7 Å². The van der Waals surface area contributed by atoms with Crippen molar-refractivity contribution in [3.63, 3.8) is 0 Å². The van der Waals surface area contributed by atoms with Crippen molar-refractivity contribution in [3.8, 4) is 0 Å². The number of nitrogen functional groups attached to an aromatic ring is 1. The van der Waals surface area contributed by atoms with Crippen LogP contribution in [0.2, 0.25) is 0 Å². The molecule has 0 radical (unpaired) electrons. The summed E-state index contributed by atoms with van der Waals surface area (Å²) in [5.41, 5.74) is 6.68. The van der Waals surface area contributed by atoms with Crippen LogP contribution in [0.15, 0.2) is 24.3 Å². The molecule has 1 aromatic carbocycles. The van der Waals surface area contributed by atoms with Crippen LogP contribution in [0.3, 0.4) is 0 Å². The number of carboxylic acids is 1. The molecule has 0 heterocycles. The van der Waals surface area contributed by atoms with Gasteiger partial charge in [-0.2, -0.15) is 0 Å². The molecule has 15 heavy (non-hydrogen) atoms. The number of benzene rings is 1. The molecule has 0 fully saturated rings. The minimum atomic E-state index is -0.833. The van der Waals surface area contributed by atoms with E-state index in [9.17, 15) is 9.90 Å². The van der Waals surface area contributed by atoms with Crippen molar-refractivity contribution in [1.29, 1.82) is 0 Å². The first-order valence-electron chi connectivity index (χ1n) is 4.91. The molecule has 3 heteroatoms. The van der Waals surface area contributed by atoms with Gasteiger partial charge in [0.25, 0.3) is 0 Å². The number of para-hydroxylation sites is 1. The van der Waals surface area contributed by atoms with E-state index in [1.165, 1.54) is 0 Å². The number of aliphatic carboxylic acids is 1. The van der Waals surface area contributed by atoms with Crippen molar-refractivity contribution in [1.82, 2.24) is 0 Å². The van der Waals surface area contributed by atoms with Gasteiger partial charge in [0, 0.05) is 5.69 Å². The molecule has 3 nitrogen and oxygen atoms in total. The Morgan fingerprint density at radius 1 is 1.33 bits per heavy atom. The Bertz CT molecular complexity index is 366. The summed E-state index contributed by atoms with van der Waals surface area (Å²) in [6.07, 6.45) is 0. The van der Waals surface area contributed by atoms with Crippen LogP contribution < -0.4 is 5.73 Å². The molecule has 0 aromatic heterocycles. The predicted molar refractivity (Wildman–Crippen MR) is 60.7 cm³/mol. The van der Waals surface area contributed by atoms with Crippen LogP contribution in [0.1, 0.15) is 32.3 Å². The third-order valence-corrected chi connectivity index (χ3v) is 2.42. The van der Waals surface area contributed by atoms with Crippen molar-refractivity contribution in [2.75, 3.05) is 5.73 Å². The van der Waals surface area contributed by atoms with Gasteiger partial charge < -0.3 is 10.8 Å². The normalized spacial score (nSPS) is 13.5. The summed E-state index contributed by atoms with van der Waals surface area (Å²) in [5.74, 6) is -1.40. The number of hydrogen-bond acceptors (Lipinski definition) is 2. The van der Waals surface area contributed by atoms with E-state index < -0.39 is 11.9 Å². The molecule has 0 saturated heterocycles. The molecule has 0 aliphatic heterocycles. The molecule has 0 spiro atoms. The standard InChI is InChI=1S/C12H17NO2/c1-12(2,3)10(11(14)15)8-6-4-5-7-9(8)13/h4-7,10H,13H2,1-3H3,(H,14,15). The lowest BCUT2D eigenvalue weighted by Gasteiger charge is -2.28. The number of carboxylic acid groups (broad SMARTS) is 1. The second-order valence-corrected chi connectivity index (χ2v) is 4.77. The summed E-state index contributed by atoms with van der Waals surface area (Å²) < 4.78 is 0. The minimum absolute atomic E-state index is 0.346. The largest absolute Gasteiger partial charge is 0.481 e. The molecule has 1 aromatic rings. The average Bonchev–Trinajstić information content (AvgIpc) is 2.05. The zero-order valence-corrected chi connectivity index (χ0v) is 9.32. The van der Waals surface area contributed by atoms with Crippen LogP contribution >= 0.6 is 0 Å². The zero-order valence-electron chi connectivity index (χ0n) is 9.32. The summed E-state index contributed by atoms with van der Waals surface area (Å²) in [7, 11) is 0. The van der Waals surface area contributed by atoms with Crippen LogP contribution in [0, 0.1) is 5.41 Å². The van der Waals surface area contributed by atoms with Gasteiger partial charge in [-0.05, 0) is 17.0 Å². The van der Waals surface area contributed by atoms with Crippen molar-refractivity contribution < 1.29 is 9.90 Å². The molecular weight excluding hydrogens is 190 g/mol. The average molecular weight is 207 g/mol. The maximum atomic E-state index is 11.2. The van der Waals surface area contributed by atoms with Gasteiger partial charge in [0.15, 0.2) is 0 Å². The van der Waals surface area contributed by atoms with E-state index in [1.807, 2.05) is 26.8 Å². The van der Waals surface area contributed by atoms with Crippen LogP contribution in [0.5, 0.6) is 0 Å². The summed E-state index contributed by atoms with van der Waals surface area (Å²) in [6.45, 7) is 5.70. The fourth-order valence-electron chi connectivity index (χ4n) is 1.74. The molecule has 1 atom stereocenters. The highest BCUT2D eigenvalue weighted by molar-refractivity contribution is 5.79. The quantitative estimate of drug-likeness (QED) is 0.732. The molecule has 1 unspecified atom stereocenters. The third kappa shape index (κ3) is 2.49. The Kier molecular flexibility index (Phi) is 3.03. The fourth-order valence-corrected chi connectivity index (χ4v) is 1.74. The van der Waals surface area contributed by atoms with Gasteiger partial charge in [-0.3, -0.25) is 4.79 Å². The van der Waals surface area contributed by atoms with E-state index in [0.29, 0.717) is 11.3 Å². The highest BCUT2D eigenvalue weighted by Gasteiger charge is 2.33. The van der Waals surface area contributed by atoms with Gasteiger partial charge in [-0.15, -0.1) is 0 Å². The maximum Gasteiger partial charge on any atom is 0.311 e. The molecule has 0 saturated carbocycles. The summed E-state index contributed by atoms with van der Waals surface area (Å²) >= 11 is 0. The van der Waals surface area contributed by atoms with Gasteiger partial charge >= 0.3 is 5.97 Å². The lowest BCUT2D eigenvalue weighted by atomic mass is 9.76. The number of hydrogen-bond donors (Lipinski definition) is 2. The maximum absolute atomic E-state index is 11.2. The Balaban J connectivity index is 3.23. The first kappa shape index (κ1) is 11.6. The first-order chi connectivity index (χ1) is 6.84. The lowest BCUT2D eigenvalue weighted by molar-refractivity contribution is -0.141. The molecule has 0 aliphatic rings. The summed E-state index contributed by atoms with van der Waals surface area (Å²) in [5, 5.41) is 9.23. The van der Waals surface area contributed by atoms with E-state index in [2.05, 4.69) is 0 Å². The zero-order chi connectivity index (χ0) is 11.6. The van der Waals surface area contributed by atoms with Crippen molar-refractivity contribution in [2.45, 2.75) is 26.7 Å². The first-order valence-corrected chi connectivity index (χ1v) is 4.91. The van der Waals surface area contributed by atoms with Gasteiger partial charge in [0.2, 0.25) is 0 Å². The molecule has 82 valence electrons. The molecular formula is C12H17NO2. The van der Waals surface area contributed by atoms with Crippen LogP contribution in [-0.2, 0) is 4.79 Å². The SMILES string of the molecule is CC(C)(C)C(C(=O)O)c1ccccc1N. The van der Waals surface area contributed by atoms with Crippen LogP contribution in [-0.4, -0.2) is 11.1 Å². The Morgan fingerprint density at radius 2 is 1.87 bits per heavy atom. The predicted octanol–water partition coefficient (Wildman–Crippen LogP) is 2.48. The number of anilines is 1. The highest BCUT2D eigenvalue weighted by atomic mass is 16.4. The third-order valence-electron chi connectivity index (χ3n) is 2.42. The molecule has 0 amide bonds. The van der Waals surface area contributed by atoms with Crippen LogP contribution in [0.25, 0.3) is 0 Å². The van der Waals surface area contributed by atoms with Crippen LogP contribution in [0.4, 0.5) is 5.69 Å². The molecule has 0 aliphatic carbocycles. The smallest absolute Gasteiger partial charge is 0.311 e. The topological polar surface area (TPSA) is 63.3 Å². The van der Waals surface area contributed by atoms with Crippen molar-refractivity contribution in [2.24, 2.45) is 5.41 Å². The van der Waals surface area contributed by atoms with Gasteiger partial charge in [-0.25, -0.2) is 0 Å². The van der Waals surface area contributed by atoms with Crippen molar-refractivity contribution in [3.05, 3.63) is 29.8 Å². The Hall–Kier alpha value is -1.51. The van der Waals surface area contributed by atoms with Gasteiger partial charge in [-0.1, -0.05) is 39.0 Å². The van der Waals surface area contributed by atoms with E-state index >= 15 is 0 Å². The van der Waals surface area contributed by atoms with Gasteiger partial charge in [0.1, 0.15) is 0 Å². The number of nitrogens with two attached hydrogens (primary N) is 1. The van der Waals surface area contributed by atoms with E-state index in [1.54, 1.807) is 18.2 Å². The minimum Gasteiger partial charge on any atom is -0.481 e. The fraction of sp³-hybridized carbons (Fsp3) is 0.417. The van der Waals surface area contributed by atoms with Gasteiger partial charge in [0.05, 0.1) is 5.92 Å². The number of carbonyl (C=O) groups is 1. The summed E-state index contributed by atoms with van der Waals surface area (Å²) in [4.78, 5) is 11.2. The monoisotopic (exact) mass is 207 g/mol. The Morgan fingerprint density at radius 3 is 2.27 bits per heavy atom. The van der Waals surface area contributed by atoms with E-state index in [0.717, 1.165) is 0 Å². The number of rotatable bonds is 2. The highest BCUT2D eigenvalue weighted by Crippen LogP contribution is 2.37. The molecule has 1 rings (SSSR count). The molecule has 0 bridgehead atoms. The second kappa shape index (κ2) is 3.93. The Labute approximate surface area is 89.9 Å². The second-order valence-electron chi connectivity index (χ2n) is 4.77.